The third kappa shape index (κ3) is 2.79. The molecular formula is C13H12Cl2N2S. The summed E-state index contributed by atoms with van der Waals surface area (Å²) in [6, 6.07) is 5.39. The van der Waals surface area contributed by atoms with Gasteiger partial charge in [-0.3, -0.25) is 0 Å². The first-order valence-corrected chi connectivity index (χ1v) is 7.49. The highest BCUT2D eigenvalue weighted by Gasteiger charge is 2.21. The molecule has 2 nitrogen and oxygen atoms in total. The maximum absolute atomic E-state index is 6.13. The van der Waals surface area contributed by atoms with Gasteiger partial charge in [0, 0.05) is 23.1 Å². The lowest BCUT2D eigenvalue weighted by atomic mass is 10.3. The second kappa shape index (κ2) is 5.08. The van der Waals surface area contributed by atoms with Gasteiger partial charge in [-0.15, -0.1) is 11.3 Å². The van der Waals surface area contributed by atoms with Crippen LogP contribution in [0.1, 0.15) is 12.8 Å². The van der Waals surface area contributed by atoms with Crippen LogP contribution in [0.25, 0.3) is 0 Å². The first-order chi connectivity index (χ1) is 8.72. The number of nitrogens with zero attached hydrogens (tertiary/aromatic N) is 2. The van der Waals surface area contributed by atoms with Gasteiger partial charge in [-0.1, -0.05) is 23.2 Å². The molecule has 1 saturated carbocycles. The zero-order valence-electron chi connectivity index (χ0n) is 9.64. The number of benzene rings is 1. The van der Waals surface area contributed by atoms with Gasteiger partial charge in [0.25, 0.3) is 0 Å². The Bertz CT molecular complexity index is 626. The molecule has 1 aliphatic carbocycles. The Morgan fingerprint density at radius 2 is 2.17 bits per heavy atom. The van der Waals surface area contributed by atoms with Gasteiger partial charge < -0.3 is 4.57 Å². The standard InChI is InChI=1S/C13H12Cl2N2S/c14-10-3-4-12(11(15)7-10)16-13-17(5-6-18-13)8-9-1-2-9/h3-7,9H,1-2,8H2. The first-order valence-electron chi connectivity index (χ1n) is 5.86. The molecule has 1 aromatic heterocycles. The molecule has 5 heteroatoms. The highest BCUT2D eigenvalue weighted by atomic mass is 35.5. The number of aromatic nitrogens is 1. The molecular weight excluding hydrogens is 287 g/mol. The molecule has 3 rings (SSSR count). The van der Waals surface area contributed by atoms with Crippen molar-refractivity contribution in [3.05, 3.63) is 44.6 Å². The monoisotopic (exact) mass is 298 g/mol. The molecule has 1 fully saturated rings. The summed E-state index contributed by atoms with van der Waals surface area (Å²) >= 11 is 13.6. The average Bonchev–Trinajstić information content (AvgIpc) is 3.03. The van der Waals surface area contributed by atoms with E-state index in [0.717, 1.165) is 23.0 Å². The fourth-order valence-corrected chi connectivity index (χ4v) is 2.98. The number of halogens is 2. The van der Waals surface area contributed by atoms with Crippen LogP contribution in [0.4, 0.5) is 5.69 Å². The van der Waals surface area contributed by atoms with E-state index >= 15 is 0 Å². The summed E-state index contributed by atoms with van der Waals surface area (Å²) < 4.78 is 2.20. The quantitative estimate of drug-likeness (QED) is 0.794. The van der Waals surface area contributed by atoms with E-state index < -0.39 is 0 Å². The fourth-order valence-electron chi connectivity index (χ4n) is 1.78. The summed E-state index contributed by atoms with van der Waals surface area (Å²) in [6.45, 7) is 1.06. The summed E-state index contributed by atoms with van der Waals surface area (Å²) in [5, 5.41) is 3.29. The van der Waals surface area contributed by atoms with E-state index in [4.69, 9.17) is 23.2 Å². The largest absolute Gasteiger partial charge is 0.323 e. The number of thiazole rings is 1. The van der Waals surface area contributed by atoms with Gasteiger partial charge in [0.15, 0.2) is 4.80 Å². The predicted octanol–water partition coefficient (Wildman–Crippen LogP) is 4.50. The minimum Gasteiger partial charge on any atom is -0.323 e. The zero-order chi connectivity index (χ0) is 12.5. The third-order valence-corrected chi connectivity index (χ3v) is 4.27. The molecule has 94 valence electrons. The highest BCUT2D eigenvalue weighted by Crippen LogP contribution is 2.30. The molecule has 1 heterocycles. The summed E-state index contributed by atoms with van der Waals surface area (Å²) in [5.41, 5.74) is 0.771. The van der Waals surface area contributed by atoms with Crippen LogP contribution in [0, 0.1) is 5.92 Å². The number of hydrogen-bond donors (Lipinski definition) is 0. The summed E-state index contributed by atoms with van der Waals surface area (Å²) in [7, 11) is 0. The van der Waals surface area contributed by atoms with Gasteiger partial charge in [-0.05, 0) is 37.0 Å². The maximum Gasteiger partial charge on any atom is 0.189 e. The molecule has 18 heavy (non-hydrogen) atoms. The molecule has 0 saturated heterocycles. The molecule has 0 atom stereocenters. The van der Waals surface area contributed by atoms with Crippen LogP contribution in [0.3, 0.4) is 0 Å². The van der Waals surface area contributed by atoms with Gasteiger partial charge in [0.05, 0.1) is 10.7 Å². The lowest BCUT2D eigenvalue weighted by Gasteiger charge is -2.01. The topological polar surface area (TPSA) is 17.3 Å². The highest BCUT2D eigenvalue weighted by molar-refractivity contribution is 7.07. The van der Waals surface area contributed by atoms with E-state index in [1.54, 1.807) is 17.4 Å². The molecule has 0 N–H and O–H groups in total. The normalized spacial score (nSPS) is 16.2. The molecule has 2 aromatic rings. The molecule has 0 amide bonds. The Morgan fingerprint density at radius 1 is 1.33 bits per heavy atom. The molecule has 1 aromatic carbocycles. The van der Waals surface area contributed by atoms with Crippen molar-refractivity contribution >= 4 is 40.2 Å². The predicted molar refractivity (Wildman–Crippen MR) is 76.7 cm³/mol. The van der Waals surface area contributed by atoms with Crippen LogP contribution >= 0.6 is 34.5 Å². The smallest absolute Gasteiger partial charge is 0.189 e. The van der Waals surface area contributed by atoms with Crippen molar-refractivity contribution in [2.75, 3.05) is 0 Å². The Labute approximate surface area is 120 Å². The van der Waals surface area contributed by atoms with Crippen LogP contribution in [0.15, 0.2) is 34.8 Å². The van der Waals surface area contributed by atoms with Crippen molar-refractivity contribution in [3.63, 3.8) is 0 Å². The first kappa shape index (κ1) is 12.3. The Kier molecular flexibility index (Phi) is 3.46. The SMILES string of the molecule is Clc1ccc(N=c2sccn2CC2CC2)c(Cl)c1. The average molecular weight is 299 g/mol. The lowest BCUT2D eigenvalue weighted by molar-refractivity contribution is 0.612. The van der Waals surface area contributed by atoms with Crippen molar-refractivity contribution in [2.45, 2.75) is 19.4 Å². The zero-order valence-corrected chi connectivity index (χ0v) is 12.0. The Hall–Kier alpha value is -0.770. The minimum absolute atomic E-state index is 0.592. The summed E-state index contributed by atoms with van der Waals surface area (Å²) in [5.74, 6) is 0.833. The molecule has 1 aliphatic rings. The van der Waals surface area contributed by atoms with Crippen LogP contribution < -0.4 is 4.80 Å². The second-order valence-electron chi connectivity index (χ2n) is 4.49. The fraction of sp³-hybridized carbons (Fsp3) is 0.308. The molecule has 0 bridgehead atoms. The van der Waals surface area contributed by atoms with Crippen molar-refractivity contribution in [1.29, 1.82) is 0 Å². The molecule has 0 unspecified atom stereocenters. The van der Waals surface area contributed by atoms with Crippen molar-refractivity contribution in [2.24, 2.45) is 10.9 Å². The van der Waals surface area contributed by atoms with Crippen molar-refractivity contribution < 1.29 is 0 Å². The molecule has 0 radical (unpaired) electrons. The maximum atomic E-state index is 6.13. The summed E-state index contributed by atoms with van der Waals surface area (Å²) in [4.78, 5) is 5.61. The lowest BCUT2D eigenvalue weighted by Crippen LogP contribution is -2.14. The van der Waals surface area contributed by atoms with Gasteiger partial charge in [0.2, 0.25) is 0 Å². The number of rotatable bonds is 3. The van der Waals surface area contributed by atoms with E-state index in [9.17, 15) is 0 Å². The van der Waals surface area contributed by atoms with Crippen LogP contribution in [0.5, 0.6) is 0 Å². The third-order valence-electron chi connectivity index (χ3n) is 2.94. The van der Waals surface area contributed by atoms with E-state index in [-0.39, 0.29) is 0 Å². The van der Waals surface area contributed by atoms with Gasteiger partial charge in [-0.2, -0.15) is 0 Å². The Morgan fingerprint density at radius 3 is 2.89 bits per heavy atom. The van der Waals surface area contributed by atoms with Gasteiger partial charge in [-0.25, -0.2) is 4.99 Å². The van der Waals surface area contributed by atoms with E-state index in [1.165, 1.54) is 12.8 Å². The van der Waals surface area contributed by atoms with Gasteiger partial charge >= 0.3 is 0 Å². The van der Waals surface area contributed by atoms with E-state index in [2.05, 4.69) is 21.1 Å². The number of hydrogen-bond acceptors (Lipinski definition) is 2. The molecule has 0 spiro atoms. The van der Waals surface area contributed by atoms with Crippen LogP contribution in [-0.2, 0) is 6.54 Å². The van der Waals surface area contributed by atoms with Crippen molar-refractivity contribution in [1.82, 2.24) is 4.57 Å². The minimum atomic E-state index is 0.592. The van der Waals surface area contributed by atoms with Crippen molar-refractivity contribution in [3.8, 4) is 0 Å². The van der Waals surface area contributed by atoms with Gasteiger partial charge in [0.1, 0.15) is 0 Å². The van der Waals surface area contributed by atoms with Crippen LogP contribution in [-0.4, -0.2) is 4.57 Å². The molecule has 0 aliphatic heterocycles. The second-order valence-corrected chi connectivity index (χ2v) is 6.21. The Balaban J connectivity index is 1.97. The van der Waals surface area contributed by atoms with Crippen LogP contribution in [0.2, 0.25) is 10.0 Å². The van der Waals surface area contributed by atoms with E-state index in [0.29, 0.717) is 10.0 Å². The summed E-state index contributed by atoms with van der Waals surface area (Å²) in [6.07, 6.45) is 4.76. The van der Waals surface area contributed by atoms with E-state index in [1.807, 2.05) is 12.1 Å².